The zero-order valence-electron chi connectivity index (χ0n) is 12.9. The summed E-state index contributed by atoms with van der Waals surface area (Å²) in [6.07, 6.45) is 1.61. The van der Waals surface area contributed by atoms with Crippen LogP contribution in [0.25, 0.3) is 0 Å². The number of anilines is 1. The van der Waals surface area contributed by atoms with E-state index in [1.165, 1.54) is 0 Å². The van der Waals surface area contributed by atoms with Crippen molar-refractivity contribution in [3.63, 3.8) is 0 Å². The van der Waals surface area contributed by atoms with Gasteiger partial charge in [-0.25, -0.2) is 4.79 Å². The van der Waals surface area contributed by atoms with Crippen LogP contribution in [0.15, 0.2) is 42.5 Å². The first kappa shape index (κ1) is 15.2. The third kappa shape index (κ3) is 3.56. The smallest absolute Gasteiger partial charge is 0.335 e. The molecule has 0 spiro atoms. The molecule has 0 amide bonds. The van der Waals surface area contributed by atoms with Crippen LogP contribution in [0.1, 0.15) is 22.3 Å². The van der Waals surface area contributed by atoms with Gasteiger partial charge in [-0.1, -0.05) is 6.07 Å². The predicted octanol–water partition coefficient (Wildman–Crippen LogP) is 3.20. The molecular weight excluding hydrogens is 294 g/mol. The molecule has 1 unspecified atom stereocenters. The number of nitrogens with one attached hydrogen (secondary N) is 1. The zero-order valence-corrected chi connectivity index (χ0v) is 12.9. The second kappa shape index (κ2) is 6.60. The summed E-state index contributed by atoms with van der Waals surface area (Å²) >= 11 is 0. The van der Waals surface area contributed by atoms with Crippen molar-refractivity contribution in [2.45, 2.75) is 18.9 Å². The lowest BCUT2D eigenvalue weighted by Gasteiger charge is -2.17. The Labute approximate surface area is 134 Å². The SMILES string of the molecule is COc1cccc(OC2CCc3cc(C(=O)O)ccc3NC2)c1. The van der Waals surface area contributed by atoms with E-state index in [4.69, 9.17) is 14.6 Å². The molecule has 1 aliphatic heterocycles. The number of ether oxygens (including phenoxy) is 2. The second-order valence-corrected chi connectivity index (χ2v) is 5.52. The van der Waals surface area contributed by atoms with E-state index in [1.807, 2.05) is 30.3 Å². The third-order valence-corrected chi connectivity index (χ3v) is 3.95. The van der Waals surface area contributed by atoms with Crippen LogP contribution in [-0.2, 0) is 6.42 Å². The average Bonchev–Trinajstić information content (AvgIpc) is 2.77. The zero-order chi connectivity index (χ0) is 16.2. The molecule has 0 radical (unpaired) electrons. The topological polar surface area (TPSA) is 67.8 Å². The second-order valence-electron chi connectivity index (χ2n) is 5.52. The maximum Gasteiger partial charge on any atom is 0.335 e. The first-order valence-corrected chi connectivity index (χ1v) is 7.56. The Morgan fingerprint density at radius 1 is 1.22 bits per heavy atom. The van der Waals surface area contributed by atoms with E-state index in [1.54, 1.807) is 19.2 Å². The minimum atomic E-state index is -0.902. The average molecular weight is 313 g/mol. The Morgan fingerprint density at radius 3 is 2.83 bits per heavy atom. The Kier molecular flexibility index (Phi) is 4.37. The Morgan fingerprint density at radius 2 is 2.04 bits per heavy atom. The van der Waals surface area contributed by atoms with Gasteiger partial charge in [0.05, 0.1) is 19.2 Å². The maximum absolute atomic E-state index is 11.1. The summed E-state index contributed by atoms with van der Waals surface area (Å²) in [5, 5.41) is 12.4. The van der Waals surface area contributed by atoms with Gasteiger partial charge >= 0.3 is 5.97 Å². The summed E-state index contributed by atoms with van der Waals surface area (Å²) < 4.78 is 11.2. The van der Waals surface area contributed by atoms with Crippen LogP contribution in [0.5, 0.6) is 11.5 Å². The fourth-order valence-electron chi connectivity index (χ4n) is 2.72. The highest BCUT2D eigenvalue weighted by atomic mass is 16.5. The fourth-order valence-corrected chi connectivity index (χ4v) is 2.72. The van der Waals surface area contributed by atoms with Gasteiger partial charge in [0, 0.05) is 11.8 Å². The molecule has 2 N–H and O–H groups in total. The molecular formula is C18H19NO4. The Balaban J connectivity index is 1.70. The number of carbonyl (C=O) groups is 1. The van der Waals surface area contributed by atoms with E-state index in [9.17, 15) is 4.79 Å². The number of rotatable bonds is 4. The number of carboxylic acids is 1. The predicted molar refractivity (Wildman–Crippen MR) is 87.6 cm³/mol. The highest BCUT2D eigenvalue weighted by molar-refractivity contribution is 5.88. The number of hydrogen-bond acceptors (Lipinski definition) is 4. The van der Waals surface area contributed by atoms with Gasteiger partial charge in [0.2, 0.25) is 0 Å². The van der Waals surface area contributed by atoms with Gasteiger partial charge < -0.3 is 19.9 Å². The molecule has 0 aliphatic carbocycles. The van der Waals surface area contributed by atoms with Gasteiger partial charge in [0.25, 0.3) is 0 Å². The number of carboxylic acid groups (broad SMARTS) is 1. The summed E-state index contributed by atoms with van der Waals surface area (Å²) in [7, 11) is 1.63. The quantitative estimate of drug-likeness (QED) is 0.907. The molecule has 1 atom stereocenters. The molecule has 5 nitrogen and oxygen atoms in total. The molecule has 0 saturated heterocycles. The van der Waals surface area contributed by atoms with Gasteiger partial charge in [-0.2, -0.15) is 0 Å². The molecule has 0 aromatic heterocycles. The molecule has 0 bridgehead atoms. The van der Waals surface area contributed by atoms with Gasteiger partial charge in [0.15, 0.2) is 0 Å². The minimum absolute atomic E-state index is 0.0165. The molecule has 23 heavy (non-hydrogen) atoms. The summed E-state index contributed by atoms with van der Waals surface area (Å²) in [5.41, 5.74) is 2.31. The number of aromatic carboxylic acids is 1. The van der Waals surface area contributed by atoms with Crippen LogP contribution in [0.2, 0.25) is 0 Å². The summed E-state index contributed by atoms with van der Waals surface area (Å²) in [5.74, 6) is 0.632. The lowest BCUT2D eigenvalue weighted by Crippen LogP contribution is -2.24. The summed E-state index contributed by atoms with van der Waals surface area (Å²) in [4.78, 5) is 11.1. The molecule has 2 aromatic carbocycles. The van der Waals surface area contributed by atoms with Crippen molar-refractivity contribution < 1.29 is 19.4 Å². The monoisotopic (exact) mass is 313 g/mol. The van der Waals surface area contributed by atoms with E-state index in [2.05, 4.69) is 5.32 Å². The number of fused-ring (bicyclic) bond motifs is 1. The number of benzene rings is 2. The lowest BCUT2D eigenvalue weighted by atomic mass is 10.0. The van der Waals surface area contributed by atoms with Crippen molar-refractivity contribution in [3.05, 3.63) is 53.6 Å². The van der Waals surface area contributed by atoms with Crippen molar-refractivity contribution in [1.82, 2.24) is 0 Å². The number of aryl methyl sites for hydroxylation is 1. The lowest BCUT2D eigenvalue weighted by molar-refractivity contribution is 0.0697. The summed E-state index contributed by atoms with van der Waals surface area (Å²) in [6.45, 7) is 0.677. The minimum Gasteiger partial charge on any atom is -0.497 e. The number of hydrogen-bond donors (Lipinski definition) is 2. The number of methoxy groups -OCH3 is 1. The van der Waals surface area contributed by atoms with Crippen LogP contribution in [-0.4, -0.2) is 30.8 Å². The van der Waals surface area contributed by atoms with E-state index in [-0.39, 0.29) is 6.10 Å². The van der Waals surface area contributed by atoms with E-state index in [0.717, 1.165) is 35.6 Å². The van der Waals surface area contributed by atoms with Crippen molar-refractivity contribution in [2.75, 3.05) is 19.0 Å². The first-order chi connectivity index (χ1) is 11.2. The van der Waals surface area contributed by atoms with Crippen molar-refractivity contribution >= 4 is 11.7 Å². The van der Waals surface area contributed by atoms with Crippen molar-refractivity contribution in [1.29, 1.82) is 0 Å². The van der Waals surface area contributed by atoms with Gasteiger partial charge in [-0.3, -0.25) is 0 Å². The van der Waals surface area contributed by atoms with E-state index < -0.39 is 5.97 Å². The summed E-state index contributed by atoms with van der Waals surface area (Å²) in [6, 6.07) is 12.7. The van der Waals surface area contributed by atoms with Crippen LogP contribution in [0.3, 0.4) is 0 Å². The highest BCUT2D eigenvalue weighted by Crippen LogP contribution is 2.26. The molecule has 2 aromatic rings. The Hall–Kier alpha value is -2.69. The van der Waals surface area contributed by atoms with E-state index in [0.29, 0.717) is 12.1 Å². The Bertz CT molecular complexity index is 714. The normalized spacial score (nSPS) is 16.7. The standard InChI is InChI=1S/C18H19NO4/c1-22-14-3-2-4-15(10-14)23-16-7-5-12-9-13(18(20)21)6-8-17(12)19-11-16/h2-4,6,8-10,16,19H,5,7,11H2,1H3,(H,20,21). The van der Waals surface area contributed by atoms with Gasteiger partial charge in [-0.15, -0.1) is 0 Å². The molecule has 5 heteroatoms. The van der Waals surface area contributed by atoms with Crippen LogP contribution >= 0.6 is 0 Å². The maximum atomic E-state index is 11.1. The molecule has 120 valence electrons. The molecule has 0 fully saturated rings. The molecule has 1 aliphatic rings. The van der Waals surface area contributed by atoms with Crippen molar-refractivity contribution in [3.8, 4) is 11.5 Å². The van der Waals surface area contributed by atoms with Gasteiger partial charge in [-0.05, 0) is 48.7 Å². The first-order valence-electron chi connectivity index (χ1n) is 7.56. The largest absolute Gasteiger partial charge is 0.497 e. The van der Waals surface area contributed by atoms with Gasteiger partial charge in [0.1, 0.15) is 17.6 Å². The van der Waals surface area contributed by atoms with Crippen LogP contribution < -0.4 is 14.8 Å². The third-order valence-electron chi connectivity index (χ3n) is 3.95. The van der Waals surface area contributed by atoms with Crippen LogP contribution in [0.4, 0.5) is 5.69 Å². The molecule has 0 saturated carbocycles. The fraction of sp³-hybridized carbons (Fsp3) is 0.278. The van der Waals surface area contributed by atoms with Crippen LogP contribution in [0, 0.1) is 0 Å². The molecule has 1 heterocycles. The molecule has 3 rings (SSSR count). The highest BCUT2D eigenvalue weighted by Gasteiger charge is 2.18. The van der Waals surface area contributed by atoms with Crippen molar-refractivity contribution in [2.24, 2.45) is 0 Å². The van der Waals surface area contributed by atoms with E-state index >= 15 is 0 Å².